The fourth-order valence-corrected chi connectivity index (χ4v) is 5.24. The molecule has 2 aliphatic heterocycles. The van der Waals surface area contributed by atoms with Gasteiger partial charge in [-0.25, -0.2) is 0 Å². The first-order chi connectivity index (χ1) is 16.1. The molecule has 3 heterocycles. The van der Waals surface area contributed by atoms with Crippen molar-refractivity contribution in [2.45, 2.75) is 66.3 Å². The average molecular weight is 465 g/mol. The van der Waals surface area contributed by atoms with Gasteiger partial charge < -0.3 is 14.8 Å². The molecule has 1 saturated heterocycles. The maximum Gasteiger partial charge on any atom is 0.298 e. The zero-order valence-corrected chi connectivity index (χ0v) is 21.5. The Hall–Kier alpha value is -2.60. The standard InChI is InChI=1S/C28H40N4O2/c1-20(2)24-18-23-8-6-7-13-32(23)25(24)26(33)27(34)29-21-9-11-22(12-10-21)31-16-14-30(15-17-31)19-28(3,4)5/h9-12,18,20H,6-8,13-17,19H2,1-5H3,(H,29,34). The lowest BCUT2D eigenvalue weighted by Crippen LogP contribution is -2.48. The number of hydrogen-bond donors (Lipinski definition) is 1. The number of hydrogen-bond acceptors (Lipinski definition) is 4. The molecule has 1 N–H and O–H groups in total. The number of Topliss-reactive ketones (excluding diaryl/α,β-unsaturated/α-hetero) is 1. The Morgan fingerprint density at radius 2 is 1.65 bits per heavy atom. The van der Waals surface area contributed by atoms with E-state index in [1.807, 2.05) is 24.3 Å². The normalized spacial score (nSPS) is 17.1. The molecule has 1 aromatic carbocycles. The molecule has 1 fully saturated rings. The summed E-state index contributed by atoms with van der Waals surface area (Å²) in [6.45, 7) is 17.1. The molecule has 2 aliphatic rings. The molecule has 6 nitrogen and oxygen atoms in total. The molecule has 0 saturated carbocycles. The van der Waals surface area contributed by atoms with Crippen molar-refractivity contribution in [3.63, 3.8) is 0 Å². The monoisotopic (exact) mass is 464 g/mol. The van der Waals surface area contributed by atoms with Crippen molar-refractivity contribution in [1.82, 2.24) is 9.47 Å². The summed E-state index contributed by atoms with van der Waals surface area (Å²) < 4.78 is 2.07. The maximum absolute atomic E-state index is 13.2. The van der Waals surface area contributed by atoms with Gasteiger partial charge in [0.15, 0.2) is 0 Å². The molecule has 34 heavy (non-hydrogen) atoms. The molecule has 1 amide bonds. The van der Waals surface area contributed by atoms with Crippen LogP contribution < -0.4 is 10.2 Å². The molecule has 0 atom stereocenters. The number of piperazine rings is 1. The molecule has 6 heteroatoms. The second-order valence-electron chi connectivity index (χ2n) is 11.4. The quantitative estimate of drug-likeness (QED) is 0.486. The van der Waals surface area contributed by atoms with Crippen LogP contribution >= 0.6 is 0 Å². The van der Waals surface area contributed by atoms with Gasteiger partial charge in [0, 0.05) is 56.3 Å². The van der Waals surface area contributed by atoms with Gasteiger partial charge in [-0.05, 0) is 66.5 Å². The largest absolute Gasteiger partial charge is 0.369 e. The number of amides is 1. The molecule has 184 valence electrons. The zero-order valence-electron chi connectivity index (χ0n) is 21.5. The number of anilines is 2. The third-order valence-electron chi connectivity index (χ3n) is 6.88. The Morgan fingerprint density at radius 3 is 2.26 bits per heavy atom. The molecule has 0 spiro atoms. The Kier molecular flexibility index (Phi) is 7.17. The van der Waals surface area contributed by atoms with Crippen LogP contribution in [0.4, 0.5) is 11.4 Å². The topological polar surface area (TPSA) is 57.6 Å². The Labute approximate surface area is 204 Å². The van der Waals surface area contributed by atoms with Crippen LogP contribution in [-0.2, 0) is 17.8 Å². The minimum atomic E-state index is -0.558. The second kappa shape index (κ2) is 9.95. The van der Waals surface area contributed by atoms with Gasteiger partial charge in [-0.2, -0.15) is 0 Å². The van der Waals surface area contributed by atoms with Gasteiger partial charge in [0.1, 0.15) is 0 Å². The van der Waals surface area contributed by atoms with Crippen LogP contribution in [-0.4, -0.2) is 53.9 Å². The van der Waals surface area contributed by atoms with E-state index < -0.39 is 11.7 Å². The predicted molar refractivity (Wildman–Crippen MR) is 139 cm³/mol. The molecule has 0 unspecified atom stereocenters. The van der Waals surface area contributed by atoms with Crippen molar-refractivity contribution >= 4 is 23.1 Å². The summed E-state index contributed by atoms with van der Waals surface area (Å²) in [6, 6.07) is 10.0. The van der Waals surface area contributed by atoms with Crippen LogP contribution in [0.3, 0.4) is 0 Å². The highest BCUT2D eigenvalue weighted by molar-refractivity contribution is 6.46. The van der Waals surface area contributed by atoms with Gasteiger partial charge in [0.05, 0.1) is 5.69 Å². The molecular weight excluding hydrogens is 424 g/mol. The lowest BCUT2D eigenvalue weighted by atomic mass is 9.96. The molecule has 0 bridgehead atoms. The van der Waals surface area contributed by atoms with Crippen LogP contribution in [0.2, 0.25) is 0 Å². The summed E-state index contributed by atoms with van der Waals surface area (Å²) >= 11 is 0. The van der Waals surface area contributed by atoms with Crippen molar-refractivity contribution in [1.29, 1.82) is 0 Å². The van der Waals surface area contributed by atoms with E-state index in [9.17, 15) is 9.59 Å². The number of nitrogens with zero attached hydrogens (tertiary/aromatic N) is 3. The van der Waals surface area contributed by atoms with E-state index in [1.54, 1.807) is 0 Å². The Morgan fingerprint density at radius 1 is 0.971 bits per heavy atom. The predicted octanol–water partition coefficient (Wildman–Crippen LogP) is 4.94. The highest BCUT2D eigenvalue weighted by Gasteiger charge is 2.28. The SMILES string of the molecule is CC(C)c1cc2n(c1C(=O)C(=O)Nc1ccc(N3CCN(CC(C)(C)C)CC3)cc1)CCCC2. The van der Waals surface area contributed by atoms with Gasteiger partial charge in [0.25, 0.3) is 11.7 Å². The molecular formula is C28H40N4O2. The van der Waals surface area contributed by atoms with Crippen LogP contribution in [0.5, 0.6) is 0 Å². The fourth-order valence-electron chi connectivity index (χ4n) is 5.24. The van der Waals surface area contributed by atoms with E-state index in [4.69, 9.17) is 0 Å². The van der Waals surface area contributed by atoms with Crippen molar-refractivity contribution < 1.29 is 9.59 Å². The van der Waals surface area contributed by atoms with Crippen molar-refractivity contribution in [2.75, 3.05) is 42.9 Å². The highest BCUT2D eigenvalue weighted by Crippen LogP contribution is 2.29. The van der Waals surface area contributed by atoms with Crippen molar-refractivity contribution in [3.8, 4) is 0 Å². The van der Waals surface area contributed by atoms with E-state index in [-0.39, 0.29) is 5.92 Å². The fraction of sp³-hybridized carbons (Fsp3) is 0.571. The van der Waals surface area contributed by atoms with Gasteiger partial charge in [0.2, 0.25) is 0 Å². The molecule has 1 aromatic heterocycles. The first-order valence-corrected chi connectivity index (χ1v) is 12.8. The highest BCUT2D eigenvalue weighted by atomic mass is 16.2. The van der Waals surface area contributed by atoms with Crippen molar-refractivity contribution in [2.24, 2.45) is 5.41 Å². The molecule has 0 aliphatic carbocycles. The summed E-state index contributed by atoms with van der Waals surface area (Å²) in [5.74, 6) is -0.791. The minimum absolute atomic E-state index is 0.202. The summed E-state index contributed by atoms with van der Waals surface area (Å²) in [5.41, 5.74) is 4.87. The Bertz CT molecular complexity index is 1020. The van der Waals surface area contributed by atoms with Gasteiger partial charge in [-0.1, -0.05) is 34.6 Å². The summed E-state index contributed by atoms with van der Waals surface area (Å²) in [5, 5.41) is 2.84. The van der Waals surface area contributed by atoms with Crippen LogP contribution in [0.15, 0.2) is 30.3 Å². The smallest absolute Gasteiger partial charge is 0.298 e. The molecule has 2 aromatic rings. The van der Waals surface area contributed by atoms with E-state index in [1.165, 1.54) is 5.69 Å². The molecule has 4 rings (SSSR count). The number of carbonyl (C=O) groups excluding carboxylic acids is 2. The van der Waals surface area contributed by atoms with Crippen LogP contribution in [0.1, 0.15) is 75.1 Å². The number of aromatic nitrogens is 1. The number of nitrogens with one attached hydrogen (secondary N) is 1. The van der Waals surface area contributed by atoms with Gasteiger partial charge >= 0.3 is 0 Å². The molecule has 0 radical (unpaired) electrons. The zero-order chi connectivity index (χ0) is 24.5. The van der Waals surface area contributed by atoms with Crippen LogP contribution in [0, 0.1) is 5.41 Å². The summed E-state index contributed by atoms with van der Waals surface area (Å²) in [4.78, 5) is 31.0. The number of ketones is 1. The van der Waals surface area contributed by atoms with Gasteiger partial charge in [-0.15, -0.1) is 0 Å². The van der Waals surface area contributed by atoms with E-state index in [0.29, 0.717) is 16.8 Å². The third kappa shape index (κ3) is 5.54. The minimum Gasteiger partial charge on any atom is -0.369 e. The summed E-state index contributed by atoms with van der Waals surface area (Å²) in [7, 11) is 0. The van der Waals surface area contributed by atoms with Crippen LogP contribution in [0.25, 0.3) is 0 Å². The number of aryl methyl sites for hydroxylation is 1. The van der Waals surface area contributed by atoms with E-state index in [0.717, 1.165) is 69.8 Å². The number of fused-ring (bicyclic) bond motifs is 1. The second-order valence-corrected chi connectivity index (χ2v) is 11.4. The Balaban J connectivity index is 1.39. The lowest BCUT2D eigenvalue weighted by Gasteiger charge is -2.38. The van der Waals surface area contributed by atoms with E-state index >= 15 is 0 Å². The van der Waals surface area contributed by atoms with Crippen molar-refractivity contribution in [3.05, 3.63) is 47.3 Å². The number of benzene rings is 1. The number of carbonyl (C=O) groups is 2. The summed E-state index contributed by atoms with van der Waals surface area (Å²) in [6.07, 6.45) is 3.16. The average Bonchev–Trinajstić information content (AvgIpc) is 3.18. The van der Waals surface area contributed by atoms with E-state index in [2.05, 4.69) is 60.4 Å². The number of rotatable bonds is 6. The first kappa shape index (κ1) is 24.5. The van der Waals surface area contributed by atoms with Gasteiger partial charge in [-0.3, -0.25) is 14.5 Å². The lowest BCUT2D eigenvalue weighted by molar-refractivity contribution is -0.112. The maximum atomic E-state index is 13.2. The first-order valence-electron chi connectivity index (χ1n) is 12.8. The third-order valence-corrected chi connectivity index (χ3v) is 6.88.